The van der Waals surface area contributed by atoms with Crippen molar-refractivity contribution in [3.05, 3.63) is 59.7 Å². The average molecular weight is 487 g/mol. The van der Waals surface area contributed by atoms with E-state index in [-0.39, 0.29) is 12.6 Å². The van der Waals surface area contributed by atoms with Crippen molar-refractivity contribution in [2.45, 2.75) is 45.1 Å². The topological polar surface area (TPSA) is 87.3 Å². The quantitative estimate of drug-likeness (QED) is 0.414. The highest BCUT2D eigenvalue weighted by Crippen LogP contribution is 2.37. The maximum atomic E-state index is 13.2. The van der Waals surface area contributed by atoms with Crippen molar-refractivity contribution >= 4 is 23.3 Å². The molecule has 0 radical (unpaired) electrons. The van der Waals surface area contributed by atoms with E-state index in [1.807, 2.05) is 48.5 Å². The second kappa shape index (κ2) is 10.4. The molecular formula is C28H30N4O4. The van der Waals surface area contributed by atoms with E-state index in [4.69, 9.17) is 29.3 Å². The summed E-state index contributed by atoms with van der Waals surface area (Å²) in [4.78, 5) is 23.2. The number of fused-ring (bicyclic) bond motifs is 1. The van der Waals surface area contributed by atoms with Crippen LogP contribution in [0.2, 0.25) is 0 Å². The number of benzene rings is 2. The number of rotatable bonds is 7. The zero-order valence-corrected chi connectivity index (χ0v) is 20.9. The molecule has 2 aromatic carbocycles. The molecule has 1 fully saturated rings. The van der Waals surface area contributed by atoms with Crippen molar-refractivity contribution in [1.82, 2.24) is 9.78 Å². The molecule has 0 spiro atoms. The van der Waals surface area contributed by atoms with Gasteiger partial charge in [0.05, 0.1) is 26.9 Å². The first-order valence-electron chi connectivity index (χ1n) is 12.4. The standard InChI is InChI=1S/C28H30N4O4/c1-4-36-28(33)23-24(18-11-7-5-8-12-18)31-32-26(23)30-25(27(32)29-20-13-9-6-10-14-20)19-15-16-21(34-2)22(17-19)35-3/h5,7-8,11-12,15-17,20H,4,6,9-10,13-14H2,1-3H3. The van der Waals surface area contributed by atoms with Gasteiger partial charge in [0, 0.05) is 11.1 Å². The Morgan fingerprint density at radius 1 is 1.00 bits per heavy atom. The Morgan fingerprint density at radius 3 is 2.44 bits per heavy atom. The maximum absolute atomic E-state index is 13.2. The number of nitrogens with zero attached hydrogens (tertiary/aromatic N) is 4. The molecule has 1 aliphatic carbocycles. The zero-order chi connectivity index (χ0) is 25.1. The molecule has 1 aromatic heterocycles. The Kier molecular flexibility index (Phi) is 6.84. The number of hydrogen-bond donors (Lipinski definition) is 0. The average Bonchev–Trinajstić information content (AvgIpc) is 3.46. The maximum Gasteiger partial charge on any atom is 0.344 e. The Hall–Kier alpha value is -3.94. The van der Waals surface area contributed by atoms with E-state index in [0.717, 1.165) is 36.8 Å². The fourth-order valence-electron chi connectivity index (χ4n) is 4.78. The van der Waals surface area contributed by atoms with Crippen LogP contribution in [0.1, 0.15) is 54.9 Å². The van der Waals surface area contributed by atoms with Gasteiger partial charge < -0.3 is 14.2 Å². The number of esters is 1. The van der Waals surface area contributed by atoms with E-state index in [9.17, 15) is 4.79 Å². The third kappa shape index (κ3) is 4.39. The van der Waals surface area contributed by atoms with Gasteiger partial charge in [0.25, 0.3) is 0 Å². The Balaban J connectivity index is 1.70. The van der Waals surface area contributed by atoms with Gasteiger partial charge in [-0.2, -0.15) is 9.78 Å². The van der Waals surface area contributed by atoms with Crippen LogP contribution < -0.4 is 9.47 Å². The number of carbonyl (C=O) groups is 1. The number of aromatic nitrogens is 2. The molecule has 0 amide bonds. The molecule has 8 nitrogen and oxygen atoms in total. The van der Waals surface area contributed by atoms with E-state index in [2.05, 4.69) is 0 Å². The smallest absolute Gasteiger partial charge is 0.344 e. The van der Waals surface area contributed by atoms with Crippen molar-refractivity contribution in [3.63, 3.8) is 0 Å². The highest BCUT2D eigenvalue weighted by molar-refractivity contribution is 6.50. The monoisotopic (exact) mass is 486 g/mol. The Labute approximate surface area is 210 Å². The van der Waals surface area contributed by atoms with Gasteiger partial charge in [0.1, 0.15) is 17.0 Å². The summed E-state index contributed by atoms with van der Waals surface area (Å²) in [5, 5.41) is 4.88. The molecule has 2 heterocycles. The van der Waals surface area contributed by atoms with E-state index in [1.165, 1.54) is 6.42 Å². The van der Waals surface area contributed by atoms with Crippen LogP contribution in [-0.4, -0.2) is 54.2 Å². The fraction of sp³-hybridized carbons (Fsp3) is 0.357. The van der Waals surface area contributed by atoms with Crippen LogP contribution in [0.4, 0.5) is 5.82 Å². The molecule has 8 heteroatoms. The van der Waals surface area contributed by atoms with Gasteiger partial charge in [-0.3, -0.25) is 4.99 Å². The molecule has 2 aliphatic rings. The van der Waals surface area contributed by atoms with Gasteiger partial charge >= 0.3 is 5.97 Å². The van der Waals surface area contributed by atoms with Crippen molar-refractivity contribution in [2.75, 3.05) is 20.8 Å². The summed E-state index contributed by atoms with van der Waals surface area (Å²) >= 11 is 0. The SMILES string of the molecule is CCOC(=O)c1c(-c2ccccc2)nn2c1N=C(c1ccc(OC)c(OC)c1)C2=NC1CCCCC1. The predicted molar refractivity (Wildman–Crippen MR) is 139 cm³/mol. The third-order valence-electron chi connectivity index (χ3n) is 6.55. The highest BCUT2D eigenvalue weighted by atomic mass is 16.5. The normalized spacial score (nSPS) is 16.5. The van der Waals surface area contributed by atoms with Crippen LogP contribution >= 0.6 is 0 Å². The first-order valence-corrected chi connectivity index (χ1v) is 12.4. The number of ether oxygens (including phenoxy) is 3. The number of hydrogen-bond acceptors (Lipinski definition) is 7. The molecule has 5 rings (SSSR count). The number of carbonyl (C=O) groups excluding carboxylic acids is 1. The minimum Gasteiger partial charge on any atom is -0.493 e. The van der Waals surface area contributed by atoms with E-state index >= 15 is 0 Å². The molecule has 186 valence electrons. The molecule has 36 heavy (non-hydrogen) atoms. The van der Waals surface area contributed by atoms with Crippen LogP contribution in [0.5, 0.6) is 11.5 Å². The first kappa shape index (κ1) is 23.8. The van der Waals surface area contributed by atoms with E-state index < -0.39 is 5.97 Å². The molecule has 0 bridgehead atoms. The lowest BCUT2D eigenvalue weighted by Crippen LogP contribution is -2.24. The van der Waals surface area contributed by atoms with Crippen molar-refractivity contribution in [1.29, 1.82) is 0 Å². The van der Waals surface area contributed by atoms with Crippen LogP contribution in [0.15, 0.2) is 58.5 Å². The summed E-state index contributed by atoms with van der Waals surface area (Å²) < 4.78 is 18.1. The third-order valence-corrected chi connectivity index (χ3v) is 6.55. The van der Waals surface area contributed by atoms with E-state index in [1.54, 1.807) is 25.8 Å². The second-order valence-electron chi connectivity index (χ2n) is 8.82. The minimum absolute atomic E-state index is 0.181. The Morgan fingerprint density at radius 2 is 1.75 bits per heavy atom. The Bertz CT molecular complexity index is 1320. The molecular weight excluding hydrogens is 456 g/mol. The molecule has 0 atom stereocenters. The summed E-state index contributed by atoms with van der Waals surface area (Å²) in [6.45, 7) is 2.05. The van der Waals surface area contributed by atoms with Gasteiger partial charge in [-0.15, -0.1) is 0 Å². The first-order chi connectivity index (χ1) is 17.6. The second-order valence-corrected chi connectivity index (χ2v) is 8.82. The van der Waals surface area contributed by atoms with Crippen LogP contribution in [0, 0.1) is 0 Å². The van der Waals surface area contributed by atoms with Crippen molar-refractivity contribution < 1.29 is 19.0 Å². The highest BCUT2D eigenvalue weighted by Gasteiger charge is 2.35. The van der Waals surface area contributed by atoms with Gasteiger partial charge in [0.2, 0.25) is 0 Å². The summed E-state index contributed by atoms with van der Waals surface area (Å²) in [7, 11) is 3.21. The van der Waals surface area contributed by atoms with Crippen molar-refractivity contribution in [2.24, 2.45) is 9.98 Å². The van der Waals surface area contributed by atoms with Crippen LogP contribution in [0.25, 0.3) is 11.3 Å². The number of methoxy groups -OCH3 is 2. The zero-order valence-electron chi connectivity index (χ0n) is 20.9. The summed E-state index contributed by atoms with van der Waals surface area (Å²) in [5.74, 6) is 1.84. The van der Waals surface area contributed by atoms with Gasteiger partial charge in [0.15, 0.2) is 23.2 Å². The number of aliphatic imine (C=N–C) groups is 2. The largest absolute Gasteiger partial charge is 0.493 e. The molecule has 0 unspecified atom stereocenters. The van der Waals surface area contributed by atoms with Gasteiger partial charge in [-0.05, 0) is 38.0 Å². The minimum atomic E-state index is -0.452. The summed E-state index contributed by atoms with van der Waals surface area (Å²) in [5.41, 5.74) is 3.16. The van der Waals surface area contributed by atoms with E-state index in [0.29, 0.717) is 40.1 Å². The lowest BCUT2D eigenvalue weighted by Gasteiger charge is -2.19. The molecule has 0 saturated heterocycles. The lowest BCUT2D eigenvalue weighted by molar-refractivity contribution is 0.0528. The lowest BCUT2D eigenvalue weighted by atomic mass is 9.96. The fourth-order valence-corrected chi connectivity index (χ4v) is 4.78. The van der Waals surface area contributed by atoms with Gasteiger partial charge in [-0.25, -0.2) is 9.79 Å². The summed E-state index contributed by atoms with van der Waals surface area (Å²) in [6, 6.07) is 15.5. The van der Waals surface area contributed by atoms with Crippen molar-refractivity contribution in [3.8, 4) is 22.8 Å². The molecule has 0 N–H and O–H groups in total. The predicted octanol–water partition coefficient (Wildman–Crippen LogP) is 5.46. The van der Waals surface area contributed by atoms with Crippen LogP contribution in [0.3, 0.4) is 0 Å². The summed E-state index contributed by atoms with van der Waals surface area (Å²) in [6.07, 6.45) is 5.58. The van der Waals surface area contributed by atoms with Crippen LogP contribution in [-0.2, 0) is 4.74 Å². The molecule has 3 aromatic rings. The van der Waals surface area contributed by atoms with Gasteiger partial charge in [-0.1, -0.05) is 49.6 Å². The molecule has 1 saturated carbocycles. The molecule has 1 aliphatic heterocycles.